The number of carbonyl (C=O) groups is 1. The van der Waals surface area contributed by atoms with Crippen LogP contribution >= 0.6 is 0 Å². The van der Waals surface area contributed by atoms with Crippen LogP contribution in [0.3, 0.4) is 0 Å². The van der Waals surface area contributed by atoms with E-state index in [1.165, 1.54) is 23.4 Å². The first-order valence-corrected chi connectivity index (χ1v) is 9.23. The summed E-state index contributed by atoms with van der Waals surface area (Å²) in [5, 5.41) is 2.88. The van der Waals surface area contributed by atoms with Gasteiger partial charge in [0.1, 0.15) is 5.76 Å². The van der Waals surface area contributed by atoms with E-state index in [1.54, 1.807) is 6.26 Å². The zero-order valence-electron chi connectivity index (χ0n) is 15.3. The molecule has 0 bridgehead atoms. The minimum absolute atomic E-state index is 0.0898. The second-order valence-corrected chi connectivity index (χ2v) is 7.25. The lowest BCUT2D eigenvalue weighted by molar-refractivity contribution is 0.0948. The molecule has 1 atom stereocenters. The molecule has 0 saturated carbocycles. The van der Waals surface area contributed by atoms with Crippen LogP contribution in [0.5, 0.6) is 0 Å². The van der Waals surface area contributed by atoms with Gasteiger partial charge in [0.05, 0.1) is 12.8 Å². The van der Waals surface area contributed by atoms with Crippen molar-refractivity contribution in [3.05, 3.63) is 77.0 Å². The van der Waals surface area contributed by atoms with Gasteiger partial charge < -0.3 is 14.3 Å². The van der Waals surface area contributed by atoms with Crippen molar-refractivity contribution in [3.63, 3.8) is 0 Å². The molecule has 3 aromatic rings. The van der Waals surface area contributed by atoms with Gasteiger partial charge in [-0.25, -0.2) is 0 Å². The third kappa shape index (κ3) is 3.19. The van der Waals surface area contributed by atoms with Gasteiger partial charge in [0.2, 0.25) is 0 Å². The fourth-order valence-electron chi connectivity index (χ4n) is 3.87. The summed E-state index contributed by atoms with van der Waals surface area (Å²) in [6, 6.07) is 13.8. The van der Waals surface area contributed by atoms with E-state index in [0.29, 0.717) is 12.1 Å². The van der Waals surface area contributed by atoms with E-state index in [2.05, 4.69) is 29.8 Å². The Hall–Kier alpha value is -2.75. The summed E-state index contributed by atoms with van der Waals surface area (Å²) in [6.45, 7) is 4.88. The molecule has 0 spiro atoms. The maximum atomic E-state index is 12.3. The van der Waals surface area contributed by atoms with Crippen LogP contribution in [0.4, 0.5) is 0 Å². The van der Waals surface area contributed by atoms with Crippen LogP contribution in [0, 0.1) is 12.8 Å². The van der Waals surface area contributed by atoms with Gasteiger partial charge in [0, 0.05) is 22.6 Å². The van der Waals surface area contributed by atoms with E-state index in [9.17, 15) is 4.79 Å². The van der Waals surface area contributed by atoms with E-state index in [1.807, 2.05) is 36.4 Å². The first-order chi connectivity index (χ1) is 12.6. The van der Waals surface area contributed by atoms with Gasteiger partial charge >= 0.3 is 0 Å². The SMILES string of the molecule is Cc1cc2c(n1-c1ccc(C(=O)NCc3ccco3)cc1)CC[C@@H](C)C2. The van der Waals surface area contributed by atoms with E-state index in [0.717, 1.165) is 30.2 Å². The van der Waals surface area contributed by atoms with E-state index >= 15 is 0 Å². The zero-order chi connectivity index (χ0) is 18.1. The van der Waals surface area contributed by atoms with E-state index in [4.69, 9.17) is 4.42 Å². The highest BCUT2D eigenvalue weighted by Gasteiger charge is 2.21. The topological polar surface area (TPSA) is 47.2 Å². The Morgan fingerprint density at radius 3 is 2.81 bits per heavy atom. The molecule has 4 nitrogen and oxygen atoms in total. The van der Waals surface area contributed by atoms with Crippen LogP contribution < -0.4 is 5.32 Å². The summed E-state index contributed by atoms with van der Waals surface area (Å²) in [5.74, 6) is 1.42. The first-order valence-electron chi connectivity index (χ1n) is 9.23. The van der Waals surface area contributed by atoms with Crippen molar-refractivity contribution < 1.29 is 9.21 Å². The maximum absolute atomic E-state index is 12.3. The Bertz CT molecular complexity index is 905. The Morgan fingerprint density at radius 1 is 1.27 bits per heavy atom. The monoisotopic (exact) mass is 348 g/mol. The van der Waals surface area contributed by atoms with Crippen molar-refractivity contribution in [2.75, 3.05) is 0 Å². The highest BCUT2D eigenvalue weighted by atomic mass is 16.3. The maximum Gasteiger partial charge on any atom is 0.251 e. The summed E-state index contributed by atoms with van der Waals surface area (Å²) >= 11 is 0. The number of rotatable bonds is 4. The molecule has 1 N–H and O–H groups in total. The Labute approximate surface area is 153 Å². The lowest BCUT2D eigenvalue weighted by Gasteiger charge is -2.21. The smallest absolute Gasteiger partial charge is 0.251 e. The predicted molar refractivity (Wildman–Crippen MR) is 102 cm³/mol. The molecule has 4 heteroatoms. The fourth-order valence-corrected chi connectivity index (χ4v) is 3.87. The van der Waals surface area contributed by atoms with Gasteiger partial charge in [-0.3, -0.25) is 4.79 Å². The molecule has 4 rings (SSSR count). The van der Waals surface area contributed by atoms with Crippen molar-refractivity contribution in [3.8, 4) is 5.69 Å². The molecule has 1 aliphatic rings. The molecule has 1 aliphatic carbocycles. The standard InChI is InChI=1S/C22H24N2O2/c1-15-5-10-21-18(12-15)13-16(2)24(21)19-8-6-17(7-9-19)22(25)23-14-20-4-3-11-26-20/h3-4,6-9,11,13,15H,5,10,12,14H2,1-2H3,(H,23,25)/t15-/m1/s1. The minimum Gasteiger partial charge on any atom is -0.467 e. The number of benzene rings is 1. The Kier molecular flexibility index (Phi) is 4.41. The van der Waals surface area contributed by atoms with Crippen LogP contribution in [0.25, 0.3) is 5.69 Å². The molecule has 0 unspecified atom stereocenters. The van der Waals surface area contributed by atoms with Gasteiger partial charge in [-0.15, -0.1) is 0 Å². The van der Waals surface area contributed by atoms with E-state index in [-0.39, 0.29) is 5.91 Å². The number of furan rings is 1. The number of amides is 1. The molecule has 0 aliphatic heterocycles. The van der Waals surface area contributed by atoms with Crippen molar-refractivity contribution in [1.82, 2.24) is 9.88 Å². The second-order valence-electron chi connectivity index (χ2n) is 7.25. The largest absolute Gasteiger partial charge is 0.467 e. The Balaban J connectivity index is 1.52. The Morgan fingerprint density at radius 2 is 2.08 bits per heavy atom. The highest BCUT2D eigenvalue weighted by molar-refractivity contribution is 5.94. The third-order valence-electron chi connectivity index (χ3n) is 5.21. The summed E-state index contributed by atoms with van der Waals surface area (Å²) in [6.07, 6.45) is 5.13. The predicted octanol–water partition coefficient (Wildman–Crippen LogP) is 4.43. The van der Waals surface area contributed by atoms with Crippen LogP contribution in [0.15, 0.2) is 53.1 Å². The van der Waals surface area contributed by atoms with Gasteiger partial charge in [-0.05, 0) is 80.1 Å². The minimum atomic E-state index is -0.0898. The molecule has 0 radical (unpaired) electrons. The molecule has 0 fully saturated rings. The van der Waals surface area contributed by atoms with Gasteiger partial charge in [0.25, 0.3) is 5.91 Å². The molecule has 2 heterocycles. The number of hydrogen-bond donors (Lipinski definition) is 1. The zero-order valence-corrected chi connectivity index (χ0v) is 15.3. The van der Waals surface area contributed by atoms with Gasteiger partial charge in [-0.1, -0.05) is 6.92 Å². The normalized spacial score (nSPS) is 16.3. The van der Waals surface area contributed by atoms with Crippen molar-refractivity contribution in [1.29, 1.82) is 0 Å². The van der Waals surface area contributed by atoms with Crippen molar-refractivity contribution in [2.45, 2.75) is 39.7 Å². The molecule has 2 aromatic heterocycles. The van der Waals surface area contributed by atoms with Gasteiger partial charge in [-0.2, -0.15) is 0 Å². The average Bonchev–Trinajstić information content (AvgIpc) is 3.26. The van der Waals surface area contributed by atoms with Crippen LogP contribution in [-0.4, -0.2) is 10.5 Å². The van der Waals surface area contributed by atoms with Crippen LogP contribution in [-0.2, 0) is 19.4 Å². The van der Waals surface area contributed by atoms with Crippen molar-refractivity contribution >= 4 is 5.91 Å². The summed E-state index contributed by atoms with van der Waals surface area (Å²) in [5.41, 5.74) is 5.95. The number of hydrogen-bond acceptors (Lipinski definition) is 2. The fraction of sp³-hybridized carbons (Fsp3) is 0.318. The second kappa shape index (κ2) is 6.87. The first kappa shape index (κ1) is 16.7. The third-order valence-corrected chi connectivity index (χ3v) is 5.21. The molecular formula is C22H24N2O2. The summed E-state index contributed by atoms with van der Waals surface area (Å²) in [7, 11) is 0. The average molecular weight is 348 g/mol. The number of aromatic nitrogens is 1. The molecule has 134 valence electrons. The molecule has 1 aromatic carbocycles. The number of aryl methyl sites for hydroxylation is 1. The number of fused-ring (bicyclic) bond motifs is 1. The number of carbonyl (C=O) groups excluding carboxylic acids is 1. The molecule has 1 amide bonds. The van der Waals surface area contributed by atoms with Gasteiger partial charge in [0.15, 0.2) is 0 Å². The summed E-state index contributed by atoms with van der Waals surface area (Å²) in [4.78, 5) is 12.3. The van der Waals surface area contributed by atoms with Crippen LogP contribution in [0.2, 0.25) is 0 Å². The lowest BCUT2D eigenvalue weighted by atomic mass is 9.89. The quantitative estimate of drug-likeness (QED) is 0.758. The van der Waals surface area contributed by atoms with Crippen LogP contribution in [0.1, 0.15) is 46.4 Å². The van der Waals surface area contributed by atoms with Crippen molar-refractivity contribution in [2.24, 2.45) is 5.92 Å². The molecule has 26 heavy (non-hydrogen) atoms. The number of nitrogens with one attached hydrogen (secondary N) is 1. The molecule has 0 saturated heterocycles. The molecular weight excluding hydrogens is 324 g/mol. The van der Waals surface area contributed by atoms with E-state index < -0.39 is 0 Å². The summed E-state index contributed by atoms with van der Waals surface area (Å²) < 4.78 is 7.58. The number of nitrogens with zero attached hydrogens (tertiary/aromatic N) is 1. The lowest BCUT2D eigenvalue weighted by Crippen LogP contribution is -2.22. The highest BCUT2D eigenvalue weighted by Crippen LogP contribution is 2.30.